The quantitative estimate of drug-likeness (QED) is 0.472. The van der Waals surface area contributed by atoms with Crippen molar-refractivity contribution in [1.82, 2.24) is 0 Å². The molecule has 0 spiro atoms. The van der Waals surface area contributed by atoms with Gasteiger partial charge in [-0.3, -0.25) is 0 Å². The van der Waals surface area contributed by atoms with Crippen LogP contribution in [0, 0.1) is 0 Å². The maximum absolute atomic E-state index is 9.63. The van der Waals surface area contributed by atoms with Gasteiger partial charge in [0.05, 0.1) is 0 Å². The van der Waals surface area contributed by atoms with Gasteiger partial charge in [0.2, 0.25) is 0 Å². The molecular weight excluding hydrogens is 187 g/mol. The summed E-state index contributed by atoms with van der Waals surface area (Å²) in [5.74, 6) is 0. The van der Waals surface area contributed by atoms with Crippen molar-refractivity contribution in [3.8, 4) is 0 Å². The Bertz CT molecular complexity index is 38.1. The van der Waals surface area contributed by atoms with Crippen LogP contribution in [0.15, 0.2) is 12.7 Å². The largest absolute Gasteiger partial charge is 0.870 e. The Hall–Kier alpha value is 0.299. The van der Waals surface area contributed by atoms with Gasteiger partial charge in [-0.25, -0.2) is 0 Å². The fourth-order valence-corrected chi connectivity index (χ4v) is 0.395. The average molecular weight is 193 g/mol. The molecule has 2 nitrogen and oxygen atoms in total. The van der Waals surface area contributed by atoms with Crippen molar-refractivity contribution in [1.29, 1.82) is 0 Å². The molecule has 0 rings (SSSR count). The van der Waals surface area contributed by atoms with E-state index in [-0.39, 0.29) is 5.48 Å². The van der Waals surface area contributed by atoms with Gasteiger partial charge in [0.1, 0.15) is 0 Å². The Morgan fingerprint density at radius 1 is 1.83 bits per heavy atom. The van der Waals surface area contributed by atoms with Crippen LogP contribution in [0.5, 0.6) is 0 Å². The molecule has 0 heterocycles. The molecular formula is C3H6O2Sn. The Kier molecular flexibility index (Phi) is 14.4. The molecule has 1 N–H and O–H groups in total. The molecule has 34 valence electrons. The van der Waals surface area contributed by atoms with Crippen LogP contribution in [0.2, 0.25) is 4.44 Å². The molecule has 0 atom stereocenters. The van der Waals surface area contributed by atoms with E-state index in [4.69, 9.17) is 0 Å². The first kappa shape index (κ1) is 9.57. The van der Waals surface area contributed by atoms with Gasteiger partial charge >= 0.3 is 41.3 Å². The summed E-state index contributed by atoms with van der Waals surface area (Å²) in [6.45, 7) is 3.39. The van der Waals surface area contributed by atoms with Crippen LogP contribution in [0.3, 0.4) is 0 Å². The Labute approximate surface area is 47.2 Å². The molecule has 0 unspecified atom stereocenters. The molecule has 0 aliphatic rings. The molecule has 0 aromatic rings. The normalized spacial score (nSPS) is 4.67. The molecule has 6 heavy (non-hydrogen) atoms. The second kappa shape index (κ2) is 9.00. The Morgan fingerprint density at radius 3 is 2.33 bits per heavy atom. The first-order valence-corrected chi connectivity index (χ1v) is 4.56. The molecule has 0 saturated carbocycles. The van der Waals surface area contributed by atoms with Gasteiger partial charge in [-0.2, -0.15) is 0 Å². The fourth-order valence-electron chi connectivity index (χ4n) is 0.0589. The van der Waals surface area contributed by atoms with Crippen molar-refractivity contribution < 1.29 is 8.55 Å². The van der Waals surface area contributed by atoms with Gasteiger partial charge in [0.15, 0.2) is 0 Å². The van der Waals surface area contributed by atoms with Crippen LogP contribution in [-0.2, 0) is 3.08 Å². The van der Waals surface area contributed by atoms with E-state index in [1.54, 1.807) is 6.08 Å². The molecule has 0 radical (unpaired) electrons. The summed E-state index contributed by atoms with van der Waals surface area (Å²) in [5.41, 5.74) is 0. The second-order valence-corrected chi connectivity index (χ2v) is 2.63. The summed E-state index contributed by atoms with van der Waals surface area (Å²) in [5, 5.41) is 0. The number of allylic oxidation sites excluding steroid dienone is 1. The topological polar surface area (TPSA) is 47.1 Å². The van der Waals surface area contributed by atoms with Crippen molar-refractivity contribution in [2.45, 2.75) is 4.44 Å². The molecule has 0 amide bonds. The van der Waals surface area contributed by atoms with Gasteiger partial charge in [0.25, 0.3) is 0 Å². The van der Waals surface area contributed by atoms with Crippen LogP contribution >= 0.6 is 0 Å². The summed E-state index contributed by atoms with van der Waals surface area (Å²) in [4.78, 5) is 0. The third-order valence-corrected chi connectivity index (χ3v) is 1.53. The minimum Gasteiger partial charge on any atom is -0.870 e. The first-order valence-electron chi connectivity index (χ1n) is 1.37. The van der Waals surface area contributed by atoms with Crippen molar-refractivity contribution in [2.75, 3.05) is 0 Å². The molecule has 0 bridgehead atoms. The van der Waals surface area contributed by atoms with Gasteiger partial charge in [-0.05, 0) is 0 Å². The predicted octanol–water partition coefficient (Wildman–Crippen LogP) is 0.464. The SMILES string of the molecule is C=C[CH2][Sn+]=[O].[OH-]. The van der Waals surface area contributed by atoms with E-state index in [0.29, 0.717) is 0 Å². The minimum atomic E-state index is -1.16. The van der Waals surface area contributed by atoms with Crippen molar-refractivity contribution in [3.05, 3.63) is 12.7 Å². The van der Waals surface area contributed by atoms with Gasteiger partial charge < -0.3 is 5.48 Å². The smallest absolute Gasteiger partial charge is 0.870 e. The zero-order chi connectivity index (χ0) is 4.12. The number of hydrogen-bond acceptors (Lipinski definition) is 2. The number of rotatable bonds is 2. The maximum Gasteiger partial charge on any atom is -0.870 e. The summed E-state index contributed by atoms with van der Waals surface area (Å²) in [7, 11) is 0. The third kappa shape index (κ3) is 8.85. The molecule has 0 saturated heterocycles. The predicted molar refractivity (Wildman–Crippen MR) is 23.4 cm³/mol. The molecule has 0 aliphatic heterocycles. The van der Waals surface area contributed by atoms with Crippen LogP contribution in [0.4, 0.5) is 0 Å². The summed E-state index contributed by atoms with van der Waals surface area (Å²) >= 11 is -1.16. The van der Waals surface area contributed by atoms with Gasteiger partial charge in [-0.15, -0.1) is 0 Å². The van der Waals surface area contributed by atoms with E-state index in [1.165, 1.54) is 0 Å². The van der Waals surface area contributed by atoms with Gasteiger partial charge in [0, 0.05) is 0 Å². The molecule has 0 fully saturated rings. The van der Waals surface area contributed by atoms with E-state index in [9.17, 15) is 3.08 Å². The van der Waals surface area contributed by atoms with Crippen LogP contribution in [0.1, 0.15) is 0 Å². The summed E-state index contributed by atoms with van der Waals surface area (Å²) in [6, 6.07) is 0. The zero-order valence-corrected chi connectivity index (χ0v) is 6.20. The second-order valence-electron chi connectivity index (χ2n) is 0.637. The van der Waals surface area contributed by atoms with Crippen molar-refractivity contribution in [2.24, 2.45) is 0 Å². The fraction of sp³-hybridized carbons (Fsp3) is 0.333. The van der Waals surface area contributed by atoms with Crippen LogP contribution in [-0.4, -0.2) is 26.6 Å². The van der Waals surface area contributed by atoms with E-state index >= 15 is 0 Å². The summed E-state index contributed by atoms with van der Waals surface area (Å²) in [6.07, 6.45) is 1.69. The molecule has 0 aliphatic carbocycles. The first-order chi connectivity index (χ1) is 2.41. The molecule has 0 aromatic carbocycles. The molecule has 3 heteroatoms. The van der Waals surface area contributed by atoms with Crippen LogP contribution < -0.4 is 0 Å². The third-order valence-electron chi connectivity index (χ3n) is 0.228. The van der Waals surface area contributed by atoms with Crippen molar-refractivity contribution >= 4 is 21.1 Å². The maximum atomic E-state index is 9.63. The van der Waals surface area contributed by atoms with Crippen molar-refractivity contribution in [3.63, 3.8) is 0 Å². The number of hydrogen-bond donors (Lipinski definition) is 0. The van der Waals surface area contributed by atoms with E-state index in [2.05, 4.69) is 6.58 Å². The zero-order valence-electron chi connectivity index (χ0n) is 3.35. The van der Waals surface area contributed by atoms with E-state index < -0.39 is 21.1 Å². The van der Waals surface area contributed by atoms with E-state index in [0.717, 1.165) is 4.44 Å². The standard InChI is InChI=1S/C3H5.H2O.O.Sn/c1-3-2;;;/h3H,1-2H2;1H2;;/q;;;+1/p-1. The Morgan fingerprint density at radius 2 is 2.33 bits per heavy atom. The molecule has 0 aromatic heterocycles. The Balaban J connectivity index is 0. The average Bonchev–Trinajstić information content (AvgIpc) is 1.41. The van der Waals surface area contributed by atoms with E-state index in [1.807, 2.05) is 0 Å². The summed E-state index contributed by atoms with van der Waals surface area (Å²) < 4.78 is 10.4. The van der Waals surface area contributed by atoms with Crippen LogP contribution in [0.25, 0.3) is 0 Å². The minimum absolute atomic E-state index is 0. The van der Waals surface area contributed by atoms with Gasteiger partial charge in [-0.1, -0.05) is 0 Å². The monoisotopic (exact) mass is 194 g/mol.